The lowest BCUT2D eigenvalue weighted by Crippen LogP contribution is -2.10. The second-order valence-electron chi connectivity index (χ2n) is 3.19. The maximum Gasteiger partial charge on any atom is 0.147 e. The highest BCUT2D eigenvalue weighted by atomic mass is 35.5. The molecule has 0 saturated carbocycles. The Hall–Kier alpha value is -1.37. The fourth-order valence-corrected chi connectivity index (χ4v) is 2.27. The third kappa shape index (κ3) is 2.66. The number of nitrogens with two attached hydrogens (primary N) is 1. The summed E-state index contributed by atoms with van der Waals surface area (Å²) in [7, 11) is 0. The number of pyridine rings is 1. The molecule has 2 aromatic heterocycles. The lowest BCUT2D eigenvalue weighted by atomic mass is 10.3. The molecular formula is C10H10ClN5S. The Balaban J connectivity index is 2.34. The van der Waals surface area contributed by atoms with Gasteiger partial charge in [-0.3, -0.25) is 0 Å². The monoisotopic (exact) mass is 267 g/mol. The first-order valence-corrected chi connectivity index (χ1v) is 5.98. The molecule has 2 heterocycles. The number of hydrazine groups is 1. The van der Waals surface area contributed by atoms with Crippen LogP contribution >= 0.6 is 23.4 Å². The van der Waals surface area contributed by atoms with Gasteiger partial charge >= 0.3 is 0 Å². The molecule has 0 aliphatic carbocycles. The molecule has 0 atom stereocenters. The second-order valence-corrected chi connectivity index (χ2v) is 4.57. The molecule has 3 N–H and O–H groups in total. The highest BCUT2D eigenvalue weighted by Crippen LogP contribution is 2.32. The summed E-state index contributed by atoms with van der Waals surface area (Å²) in [5.41, 5.74) is 3.38. The van der Waals surface area contributed by atoms with Crippen LogP contribution < -0.4 is 11.3 Å². The van der Waals surface area contributed by atoms with Gasteiger partial charge in [-0.2, -0.15) is 0 Å². The maximum absolute atomic E-state index is 6.03. The van der Waals surface area contributed by atoms with Gasteiger partial charge in [-0.25, -0.2) is 20.8 Å². The predicted molar refractivity (Wildman–Crippen MR) is 67.9 cm³/mol. The van der Waals surface area contributed by atoms with E-state index in [4.69, 9.17) is 17.4 Å². The van der Waals surface area contributed by atoms with Gasteiger partial charge in [-0.15, -0.1) is 0 Å². The van der Waals surface area contributed by atoms with Crippen LogP contribution in [0.1, 0.15) is 5.56 Å². The smallest absolute Gasteiger partial charge is 0.147 e. The van der Waals surface area contributed by atoms with Gasteiger partial charge in [-0.1, -0.05) is 11.6 Å². The molecule has 0 unspecified atom stereocenters. The molecule has 0 fully saturated rings. The third-order valence-electron chi connectivity index (χ3n) is 2.09. The largest absolute Gasteiger partial charge is 0.308 e. The lowest BCUT2D eigenvalue weighted by Gasteiger charge is -2.08. The topological polar surface area (TPSA) is 76.7 Å². The number of rotatable bonds is 3. The molecule has 2 aromatic rings. The van der Waals surface area contributed by atoms with Gasteiger partial charge in [0.25, 0.3) is 0 Å². The molecule has 0 bridgehead atoms. The second kappa shape index (κ2) is 5.31. The summed E-state index contributed by atoms with van der Waals surface area (Å²) in [4.78, 5) is 12.4. The van der Waals surface area contributed by atoms with Crippen molar-refractivity contribution in [3.05, 3.63) is 35.2 Å². The van der Waals surface area contributed by atoms with Crippen LogP contribution in [-0.2, 0) is 0 Å². The fraction of sp³-hybridized carbons (Fsp3) is 0.100. The summed E-state index contributed by atoms with van der Waals surface area (Å²) >= 11 is 7.41. The van der Waals surface area contributed by atoms with Crippen LogP contribution in [0.4, 0.5) is 5.82 Å². The summed E-state index contributed by atoms with van der Waals surface area (Å²) in [5, 5.41) is 2.07. The van der Waals surface area contributed by atoms with Crippen LogP contribution in [0.2, 0.25) is 5.02 Å². The molecule has 0 aromatic carbocycles. The molecule has 0 aliphatic rings. The van der Waals surface area contributed by atoms with Crippen molar-refractivity contribution >= 4 is 29.2 Å². The lowest BCUT2D eigenvalue weighted by molar-refractivity contribution is 0.990. The number of nitrogens with zero attached hydrogens (tertiary/aromatic N) is 3. The first-order chi connectivity index (χ1) is 8.22. The van der Waals surface area contributed by atoms with Crippen LogP contribution in [0, 0.1) is 6.92 Å². The Kier molecular flexibility index (Phi) is 3.78. The first kappa shape index (κ1) is 12.1. The maximum atomic E-state index is 6.03. The standard InChI is InChI=1S/C10H10ClN5S/c1-6-8(16-12)14-5-15-9(6)17-10-7(11)3-2-4-13-10/h2-5H,12H2,1H3,(H,14,15,16). The van der Waals surface area contributed by atoms with E-state index < -0.39 is 0 Å². The van der Waals surface area contributed by atoms with Crippen molar-refractivity contribution < 1.29 is 0 Å². The van der Waals surface area contributed by atoms with Gasteiger partial charge in [0.1, 0.15) is 22.2 Å². The van der Waals surface area contributed by atoms with E-state index in [1.165, 1.54) is 18.1 Å². The zero-order valence-electron chi connectivity index (χ0n) is 9.01. The van der Waals surface area contributed by atoms with Crippen LogP contribution in [0.5, 0.6) is 0 Å². The van der Waals surface area contributed by atoms with E-state index >= 15 is 0 Å². The first-order valence-electron chi connectivity index (χ1n) is 4.79. The van der Waals surface area contributed by atoms with Gasteiger partial charge in [0.05, 0.1) is 5.02 Å². The van der Waals surface area contributed by atoms with Crippen molar-refractivity contribution in [2.75, 3.05) is 5.43 Å². The minimum Gasteiger partial charge on any atom is -0.308 e. The van der Waals surface area contributed by atoms with E-state index in [1.807, 2.05) is 6.92 Å². The van der Waals surface area contributed by atoms with Crippen LogP contribution in [0.15, 0.2) is 34.7 Å². The number of nitrogen functional groups attached to an aromatic ring is 1. The van der Waals surface area contributed by atoms with Gasteiger partial charge in [-0.05, 0) is 30.8 Å². The van der Waals surface area contributed by atoms with Crippen LogP contribution in [-0.4, -0.2) is 15.0 Å². The zero-order valence-corrected chi connectivity index (χ0v) is 10.6. The number of halogens is 1. The number of hydrogen-bond acceptors (Lipinski definition) is 6. The molecule has 0 aliphatic heterocycles. The van der Waals surface area contributed by atoms with Gasteiger partial charge in [0.15, 0.2) is 0 Å². The highest BCUT2D eigenvalue weighted by Gasteiger charge is 2.10. The van der Waals surface area contributed by atoms with E-state index in [0.717, 1.165) is 10.6 Å². The number of hydrogen-bond donors (Lipinski definition) is 2. The number of anilines is 1. The van der Waals surface area contributed by atoms with Crippen LogP contribution in [0.25, 0.3) is 0 Å². The molecule has 7 heteroatoms. The van der Waals surface area contributed by atoms with Gasteiger partial charge in [0, 0.05) is 11.8 Å². The van der Waals surface area contributed by atoms with Crippen LogP contribution in [0.3, 0.4) is 0 Å². The summed E-state index contributed by atoms with van der Waals surface area (Å²) in [6.07, 6.45) is 3.13. The van der Waals surface area contributed by atoms with E-state index in [-0.39, 0.29) is 0 Å². The Labute approximate surface area is 108 Å². The number of aromatic nitrogens is 3. The molecule has 0 amide bonds. The number of nitrogens with one attached hydrogen (secondary N) is 1. The van der Waals surface area contributed by atoms with E-state index in [0.29, 0.717) is 15.9 Å². The van der Waals surface area contributed by atoms with Gasteiger partial charge in [0.2, 0.25) is 0 Å². The fourth-order valence-electron chi connectivity index (χ4n) is 1.22. The molecule has 5 nitrogen and oxygen atoms in total. The normalized spacial score (nSPS) is 10.3. The molecule has 0 saturated heterocycles. The molecule has 17 heavy (non-hydrogen) atoms. The zero-order chi connectivity index (χ0) is 12.3. The van der Waals surface area contributed by atoms with Crippen molar-refractivity contribution in [3.8, 4) is 0 Å². The quantitative estimate of drug-likeness (QED) is 0.505. The highest BCUT2D eigenvalue weighted by molar-refractivity contribution is 7.99. The van der Waals surface area contributed by atoms with Crippen molar-refractivity contribution in [2.24, 2.45) is 5.84 Å². The summed E-state index contributed by atoms with van der Waals surface area (Å²) in [6, 6.07) is 3.57. The molecule has 2 rings (SSSR count). The average molecular weight is 268 g/mol. The van der Waals surface area contributed by atoms with Crippen molar-refractivity contribution in [2.45, 2.75) is 17.0 Å². The van der Waals surface area contributed by atoms with Crippen molar-refractivity contribution in [1.29, 1.82) is 0 Å². The van der Waals surface area contributed by atoms with E-state index in [2.05, 4.69) is 20.4 Å². The minimum atomic E-state index is 0.592. The summed E-state index contributed by atoms with van der Waals surface area (Å²) in [6.45, 7) is 1.88. The summed E-state index contributed by atoms with van der Waals surface area (Å²) < 4.78 is 0. The molecule has 0 radical (unpaired) electrons. The Morgan fingerprint density at radius 1 is 1.29 bits per heavy atom. The van der Waals surface area contributed by atoms with Crippen molar-refractivity contribution in [3.63, 3.8) is 0 Å². The SMILES string of the molecule is Cc1c(NN)ncnc1Sc1ncccc1Cl. The average Bonchev–Trinajstić information content (AvgIpc) is 2.34. The Morgan fingerprint density at radius 2 is 2.12 bits per heavy atom. The molecule has 0 spiro atoms. The molecule has 88 valence electrons. The predicted octanol–water partition coefficient (Wildman–Crippen LogP) is 2.27. The Bertz CT molecular complexity index is 534. The third-order valence-corrected chi connectivity index (χ3v) is 3.63. The summed E-state index contributed by atoms with van der Waals surface area (Å²) in [5.74, 6) is 5.94. The Morgan fingerprint density at radius 3 is 2.82 bits per heavy atom. The van der Waals surface area contributed by atoms with Gasteiger partial charge < -0.3 is 5.43 Å². The molecular weight excluding hydrogens is 258 g/mol. The van der Waals surface area contributed by atoms with E-state index in [1.54, 1.807) is 18.3 Å². The van der Waals surface area contributed by atoms with Crippen molar-refractivity contribution in [1.82, 2.24) is 15.0 Å². The minimum absolute atomic E-state index is 0.592. The van der Waals surface area contributed by atoms with E-state index in [9.17, 15) is 0 Å².